The maximum atomic E-state index is 3.77. The van der Waals surface area contributed by atoms with Crippen LogP contribution in [0.1, 0.15) is 85.0 Å². The average molecular weight is 597 g/mol. The minimum atomic E-state index is -0.247. The quantitative estimate of drug-likeness (QED) is 0.183. The molecule has 0 spiro atoms. The first-order valence-electron chi connectivity index (χ1n) is 14.8. The molecule has 41 heavy (non-hydrogen) atoms. The van der Waals surface area contributed by atoms with Crippen molar-refractivity contribution in [3.63, 3.8) is 0 Å². The number of hydrogen-bond acceptors (Lipinski definition) is 0. The zero-order chi connectivity index (χ0) is 28.5. The van der Waals surface area contributed by atoms with Crippen LogP contribution in [0.2, 0.25) is 0 Å². The van der Waals surface area contributed by atoms with E-state index in [1.54, 1.807) is 0 Å². The summed E-state index contributed by atoms with van der Waals surface area (Å²) >= 11 is 3.77. The Bertz CT molecular complexity index is 1510. The summed E-state index contributed by atoms with van der Waals surface area (Å²) < 4.78 is 1.34. The van der Waals surface area contributed by atoms with Gasteiger partial charge in [0.05, 0.1) is 0 Å². The van der Waals surface area contributed by atoms with Crippen LogP contribution >= 0.6 is 0 Å². The fraction of sp³-hybridized carbons (Fsp3) is 0.250. The molecule has 5 aromatic carbocycles. The van der Waals surface area contributed by atoms with Gasteiger partial charge in [-0.25, -0.2) is 0 Å². The van der Waals surface area contributed by atoms with Crippen LogP contribution in [-0.2, 0) is 21.7 Å². The van der Waals surface area contributed by atoms with Crippen LogP contribution in [0.25, 0.3) is 0 Å². The Morgan fingerprint density at radius 2 is 0.707 bits per heavy atom. The SMILES string of the molecule is CC1(C)CC(c2ccccc2)(c2ccccc2)c2c1cc1c(c2[Se])C(c2ccccc2)(c2ccccc2)CC1(C)C. The van der Waals surface area contributed by atoms with E-state index in [9.17, 15) is 0 Å². The molecule has 0 heterocycles. The molecule has 0 fully saturated rings. The summed E-state index contributed by atoms with van der Waals surface area (Å²) in [5.74, 6) is 0. The molecule has 7 rings (SSSR count). The Morgan fingerprint density at radius 1 is 0.439 bits per heavy atom. The molecule has 0 amide bonds. The van der Waals surface area contributed by atoms with E-state index in [0.717, 1.165) is 12.8 Å². The van der Waals surface area contributed by atoms with Crippen molar-refractivity contribution in [1.82, 2.24) is 0 Å². The Morgan fingerprint density at radius 3 is 0.976 bits per heavy atom. The molecule has 2 aliphatic rings. The van der Waals surface area contributed by atoms with Crippen LogP contribution in [0, 0.1) is 0 Å². The molecule has 2 aliphatic carbocycles. The molecular weight excluding hydrogens is 559 g/mol. The van der Waals surface area contributed by atoms with E-state index in [0.29, 0.717) is 0 Å². The molecule has 0 saturated carbocycles. The second kappa shape index (κ2) is 9.32. The Hall–Kier alpha value is -3.38. The molecule has 0 atom stereocenters. The molecule has 0 unspecified atom stereocenters. The van der Waals surface area contributed by atoms with Gasteiger partial charge in [0.2, 0.25) is 0 Å². The van der Waals surface area contributed by atoms with E-state index in [4.69, 9.17) is 0 Å². The second-order valence-corrected chi connectivity index (χ2v) is 14.3. The number of fused-ring (bicyclic) bond motifs is 2. The van der Waals surface area contributed by atoms with Gasteiger partial charge in [-0.15, -0.1) is 0 Å². The first-order chi connectivity index (χ1) is 19.7. The second-order valence-electron chi connectivity index (χ2n) is 13.4. The predicted molar refractivity (Wildman–Crippen MR) is 173 cm³/mol. The van der Waals surface area contributed by atoms with E-state index < -0.39 is 0 Å². The summed E-state index contributed by atoms with van der Waals surface area (Å²) in [6, 6.07) is 47.6. The predicted octanol–water partition coefficient (Wildman–Crippen LogP) is 8.51. The van der Waals surface area contributed by atoms with Gasteiger partial charge in [0.15, 0.2) is 0 Å². The van der Waals surface area contributed by atoms with Gasteiger partial charge in [-0.05, 0) is 0 Å². The Labute approximate surface area is 253 Å². The van der Waals surface area contributed by atoms with Gasteiger partial charge in [0.25, 0.3) is 0 Å². The normalized spacial score (nSPS) is 18.9. The molecule has 0 aliphatic heterocycles. The van der Waals surface area contributed by atoms with Crippen LogP contribution in [-0.4, -0.2) is 16.0 Å². The molecule has 0 saturated heterocycles. The standard InChI is InChI=1S/C40H37Se/c1-37(2)26-39(28-17-9-5-10-18-28,29-19-11-6-12-20-29)34-32(37)25-33-35(36(34)41)40(27-38(33,3)4,30-21-13-7-14-22-30)31-23-15-8-16-24-31/h5-25H,26-27H2,1-4H3. The molecule has 0 N–H and O–H groups in total. The van der Waals surface area contributed by atoms with Crippen molar-refractivity contribution in [2.75, 3.05) is 0 Å². The Kier molecular flexibility index (Phi) is 6.02. The van der Waals surface area contributed by atoms with Gasteiger partial charge in [0, 0.05) is 0 Å². The molecule has 1 heteroatoms. The van der Waals surface area contributed by atoms with Gasteiger partial charge in [0.1, 0.15) is 0 Å². The van der Waals surface area contributed by atoms with Gasteiger partial charge in [-0.2, -0.15) is 0 Å². The zero-order valence-corrected chi connectivity index (χ0v) is 26.2. The molecule has 0 nitrogen and oxygen atoms in total. The fourth-order valence-electron chi connectivity index (χ4n) is 8.48. The van der Waals surface area contributed by atoms with Crippen LogP contribution in [0.3, 0.4) is 0 Å². The number of hydrogen-bond donors (Lipinski definition) is 0. The van der Waals surface area contributed by atoms with Gasteiger partial charge >= 0.3 is 255 Å². The van der Waals surface area contributed by atoms with Crippen molar-refractivity contribution in [3.8, 4) is 0 Å². The maximum absolute atomic E-state index is 3.77. The third kappa shape index (κ3) is 3.72. The van der Waals surface area contributed by atoms with Crippen LogP contribution < -0.4 is 4.46 Å². The molecule has 0 aromatic heterocycles. The van der Waals surface area contributed by atoms with Crippen LogP contribution in [0.5, 0.6) is 0 Å². The van der Waals surface area contributed by atoms with Crippen molar-refractivity contribution >= 4 is 20.5 Å². The summed E-state index contributed by atoms with van der Waals surface area (Å²) in [6.07, 6.45) is 2.07. The first kappa shape index (κ1) is 26.5. The van der Waals surface area contributed by atoms with E-state index in [2.05, 4.69) is 171 Å². The van der Waals surface area contributed by atoms with E-state index in [1.165, 1.54) is 49.0 Å². The average Bonchev–Trinajstić information content (AvgIpc) is 3.41. The van der Waals surface area contributed by atoms with Crippen molar-refractivity contribution in [1.29, 1.82) is 0 Å². The number of benzene rings is 5. The fourth-order valence-corrected chi connectivity index (χ4v) is 9.67. The van der Waals surface area contributed by atoms with Crippen molar-refractivity contribution in [2.24, 2.45) is 0 Å². The van der Waals surface area contributed by atoms with Gasteiger partial charge in [-0.1, -0.05) is 0 Å². The van der Waals surface area contributed by atoms with E-state index >= 15 is 0 Å². The topological polar surface area (TPSA) is 0 Å². The molecule has 1 radical (unpaired) electrons. The van der Waals surface area contributed by atoms with E-state index in [-0.39, 0.29) is 21.7 Å². The molecule has 5 aromatic rings. The third-order valence-electron chi connectivity index (χ3n) is 10.1. The van der Waals surface area contributed by atoms with Crippen LogP contribution in [0.15, 0.2) is 127 Å². The molecule has 0 bridgehead atoms. The van der Waals surface area contributed by atoms with Crippen LogP contribution in [0.4, 0.5) is 0 Å². The van der Waals surface area contributed by atoms with Gasteiger partial charge in [-0.3, -0.25) is 0 Å². The summed E-state index contributed by atoms with van der Waals surface area (Å²) in [7, 11) is 0. The summed E-state index contributed by atoms with van der Waals surface area (Å²) in [4.78, 5) is 0. The first-order valence-corrected chi connectivity index (χ1v) is 15.7. The summed E-state index contributed by atoms with van der Waals surface area (Å²) in [6.45, 7) is 9.81. The monoisotopic (exact) mass is 597 g/mol. The van der Waals surface area contributed by atoms with Crippen molar-refractivity contribution in [3.05, 3.63) is 172 Å². The molecular formula is C40H37Se. The summed E-state index contributed by atoms with van der Waals surface area (Å²) in [5, 5.41) is 0. The molecule has 203 valence electrons. The van der Waals surface area contributed by atoms with E-state index in [1.807, 2.05) is 0 Å². The van der Waals surface area contributed by atoms with Crippen molar-refractivity contribution in [2.45, 2.75) is 62.2 Å². The Balaban J connectivity index is 1.65. The zero-order valence-electron chi connectivity index (χ0n) is 24.4. The minimum absolute atomic E-state index is 0.00939. The number of rotatable bonds is 4. The summed E-state index contributed by atoms with van der Waals surface area (Å²) in [5.41, 5.74) is 10.9. The van der Waals surface area contributed by atoms with Crippen molar-refractivity contribution < 1.29 is 0 Å². The third-order valence-corrected chi connectivity index (χ3v) is 10.9. The van der Waals surface area contributed by atoms with Gasteiger partial charge < -0.3 is 0 Å².